The van der Waals surface area contributed by atoms with E-state index in [1.807, 2.05) is 31.2 Å². The number of anilines is 2. The number of hydrogen-bond acceptors (Lipinski definition) is 5. The fourth-order valence-electron chi connectivity index (χ4n) is 4.18. The lowest BCUT2D eigenvalue weighted by Crippen LogP contribution is -2.19. The monoisotopic (exact) mass is 491 g/mol. The Balaban J connectivity index is 1.57. The zero-order chi connectivity index (χ0) is 25.2. The zero-order valence-corrected chi connectivity index (χ0v) is 21.1. The normalized spacial score (nSPS) is 11.5. The van der Waals surface area contributed by atoms with Crippen molar-refractivity contribution in [1.82, 2.24) is 14.5 Å². The van der Waals surface area contributed by atoms with Gasteiger partial charge in [-0.25, -0.2) is 23.1 Å². The molecule has 2 N–H and O–H groups in total. The molecule has 4 aromatic rings. The van der Waals surface area contributed by atoms with E-state index in [2.05, 4.69) is 31.5 Å². The van der Waals surface area contributed by atoms with Gasteiger partial charge in [0, 0.05) is 34.5 Å². The number of benzene rings is 2. The molecule has 9 heteroatoms. The van der Waals surface area contributed by atoms with Crippen molar-refractivity contribution in [3.8, 4) is 0 Å². The molecule has 35 heavy (non-hydrogen) atoms. The number of carbonyl (C=O) groups is 1. The molecule has 0 radical (unpaired) electrons. The zero-order valence-electron chi connectivity index (χ0n) is 20.3. The number of nitrogens with one attached hydrogen (secondary N) is 2. The van der Waals surface area contributed by atoms with E-state index in [1.165, 1.54) is 12.1 Å². The highest BCUT2D eigenvalue weighted by Gasteiger charge is 2.21. The van der Waals surface area contributed by atoms with Gasteiger partial charge in [-0.1, -0.05) is 31.5 Å². The molecule has 8 nitrogen and oxygen atoms in total. The predicted octanol–water partition coefficient (Wildman–Crippen LogP) is 5.21. The Morgan fingerprint density at radius 1 is 0.971 bits per heavy atom. The minimum atomic E-state index is -3.88. The number of unbranched alkanes of at least 4 members (excludes halogenated alkanes) is 1. The van der Waals surface area contributed by atoms with E-state index in [1.54, 1.807) is 32.0 Å². The van der Waals surface area contributed by atoms with Gasteiger partial charge in [0.05, 0.1) is 4.90 Å². The van der Waals surface area contributed by atoms with E-state index in [-0.39, 0.29) is 16.8 Å². The Hall–Kier alpha value is -3.72. The van der Waals surface area contributed by atoms with Gasteiger partial charge in [-0.15, -0.1) is 0 Å². The number of aromatic nitrogens is 3. The number of para-hydroxylation sites is 1. The Labute approximate surface area is 205 Å². The fraction of sp³-hybridized carbons (Fsp3) is 0.269. The minimum Gasteiger partial charge on any atom is -0.336 e. The highest BCUT2D eigenvalue weighted by Crippen LogP contribution is 2.27. The molecule has 4 rings (SSSR count). The van der Waals surface area contributed by atoms with Crippen LogP contribution in [0.2, 0.25) is 0 Å². The Morgan fingerprint density at radius 3 is 2.29 bits per heavy atom. The quantitative estimate of drug-likeness (QED) is 0.352. The number of sulfonamides is 1. The van der Waals surface area contributed by atoms with Crippen molar-refractivity contribution < 1.29 is 13.2 Å². The maximum absolute atomic E-state index is 13.3. The minimum absolute atomic E-state index is 0.0234. The van der Waals surface area contributed by atoms with Crippen molar-refractivity contribution in [1.29, 1.82) is 0 Å². The summed E-state index contributed by atoms with van der Waals surface area (Å²) in [6.07, 6.45) is 1.98. The summed E-state index contributed by atoms with van der Waals surface area (Å²) in [6, 6.07) is 15.8. The molecule has 0 saturated heterocycles. The van der Waals surface area contributed by atoms with Crippen molar-refractivity contribution in [3.05, 3.63) is 77.2 Å². The molecule has 1 amide bonds. The number of nitrogens with zero attached hydrogens (tertiary/aromatic N) is 3. The van der Waals surface area contributed by atoms with Crippen LogP contribution in [0.1, 0.15) is 47.2 Å². The average Bonchev–Trinajstić information content (AvgIpc) is 3.09. The maximum Gasteiger partial charge on any atom is 0.272 e. The third-order valence-electron chi connectivity index (χ3n) is 5.80. The van der Waals surface area contributed by atoms with Crippen molar-refractivity contribution in [2.45, 2.75) is 52.0 Å². The number of hydrogen-bond donors (Lipinski definition) is 2. The van der Waals surface area contributed by atoms with E-state index in [4.69, 9.17) is 0 Å². The smallest absolute Gasteiger partial charge is 0.272 e. The van der Waals surface area contributed by atoms with Gasteiger partial charge < -0.3 is 9.88 Å². The second-order valence-electron chi connectivity index (χ2n) is 8.55. The van der Waals surface area contributed by atoms with Gasteiger partial charge in [-0.2, -0.15) is 0 Å². The highest BCUT2D eigenvalue weighted by atomic mass is 32.2. The van der Waals surface area contributed by atoms with Gasteiger partial charge in [-0.05, 0) is 69.2 Å². The van der Waals surface area contributed by atoms with E-state index in [9.17, 15) is 13.2 Å². The molecular weight excluding hydrogens is 462 g/mol. The summed E-state index contributed by atoms with van der Waals surface area (Å²) >= 11 is 0. The molecular formula is C26H29N5O3S. The number of amides is 1. The molecule has 2 heterocycles. The topological polar surface area (TPSA) is 106 Å². The summed E-state index contributed by atoms with van der Waals surface area (Å²) in [4.78, 5) is 21.6. The van der Waals surface area contributed by atoms with Crippen LogP contribution in [0.4, 0.5) is 11.6 Å². The van der Waals surface area contributed by atoms with Crippen molar-refractivity contribution >= 4 is 38.5 Å². The van der Waals surface area contributed by atoms with E-state index in [0.29, 0.717) is 22.8 Å². The van der Waals surface area contributed by atoms with Gasteiger partial charge >= 0.3 is 0 Å². The van der Waals surface area contributed by atoms with Gasteiger partial charge in [-0.3, -0.25) is 4.79 Å². The first-order chi connectivity index (χ1) is 16.7. The van der Waals surface area contributed by atoms with Crippen molar-refractivity contribution in [2.24, 2.45) is 0 Å². The molecule has 0 bridgehead atoms. The van der Waals surface area contributed by atoms with Crippen LogP contribution in [0, 0.1) is 20.8 Å². The molecule has 2 aromatic heterocycles. The lowest BCUT2D eigenvalue weighted by molar-refractivity contribution is 0.101. The number of carbonyl (C=O) groups excluding carboxylic acids is 1. The van der Waals surface area contributed by atoms with Crippen LogP contribution in [0.15, 0.2) is 59.5 Å². The van der Waals surface area contributed by atoms with E-state index < -0.39 is 10.0 Å². The van der Waals surface area contributed by atoms with Gasteiger partial charge in [0.1, 0.15) is 5.69 Å². The van der Waals surface area contributed by atoms with Gasteiger partial charge in [0.2, 0.25) is 5.95 Å². The molecule has 0 spiro atoms. The lowest BCUT2D eigenvalue weighted by atomic mass is 10.1. The molecule has 182 valence electrons. The Morgan fingerprint density at radius 2 is 1.63 bits per heavy atom. The largest absolute Gasteiger partial charge is 0.336 e. The number of rotatable bonds is 8. The number of fused-ring (bicyclic) bond motifs is 1. The van der Waals surface area contributed by atoms with Crippen LogP contribution in [0.3, 0.4) is 0 Å². The molecule has 0 saturated carbocycles. The molecule has 0 atom stereocenters. The molecule has 0 fully saturated rings. The van der Waals surface area contributed by atoms with Crippen molar-refractivity contribution in [3.63, 3.8) is 0 Å². The third-order valence-corrected chi connectivity index (χ3v) is 7.15. The summed E-state index contributed by atoms with van der Waals surface area (Å²) in [5, 5.41) is 3.97. The summed E-state index contributed by atoms with van der Waals surface area (Å²) in [6.45, 7) is 8.36. The first kappa shape index (κ1) is 24.4. The van der Waals surface area contributed by atoms with Crippen LogP contribution >= 0.6 is 0 Å². The third kappa shape index (κ3) is 5.19. The Bertz CT molecular complexity index is 1470. The molecule has 0 aliphatic carbocycles. The average molecular weight is 492 g/mol. The second-order valence-corrected chi connectivity index (χ2v) is 10.2. The van der Waals surface area contributed by atoms with Crippen LogP contribution in [0.5, 0.6) is 0 Å². The van der Waals surface area contributed by atoms with Gasteiger partial charge in [0.25, 0.3) is 15.9 Å². The Kier molecular flexibility index (Phi) is 6.88. The molecule has 2 aromatic carbocycles. The van der Waals surface area contributed by atoms with Crippen LogP contribution < -0.4 is 10.0 Å². The SMILES string of the molecule is CCCCn1c(C(=O)Nc2ccc(S(=O)(=O)Nc3nc(C)cc(C)n3)cc2)c(C)c2ccccc21. The molecule has 0 aliphatic rings. The maximum atomic E-state index is 13.3. The molecule has 0 unspecified atom stereocenters. The van der Waals surface area contributed by atoms with Crippen LogP contribution in [-0.4, -0.2) is 28.9 Å². The second kappa shape index (κ2) is 9.87. The summed E-state index contributed by atoms with van der Waals surface area (Å²) in [5.41, 5.74) is 4.41. The summed E-state index contributed by atoms with van der Waals surface area (Å²) < 4.78 is 30.0. The van der Waals surface area contributed by atoms with Crippen LogP contribution in [0.25, 0.3) is 10.9 Å². The first-order valence-corrected chi connectivity index (χ1v) is 13.0. The number of aryl methyl sites for hydroxylation is 4. The van der Waals surface area contributed by atoms with E-state index >= 15 is 0 Å². The predicted molar refractivity (Wildman–Crippen MR) is 138 cm³/mol. The van der Waals surface area contributed by atoms with Crippen LogP contribution in [-0.2, 0) is 16.6 Å². The van der Waals surface area contributed by atoms with Crippen molar-refractivity contribution in [2.75, 3.05) is 10.0 Å². The lowest BCUT2D eigenvalue weighted by Gasteiger charge is -2.12. The highest BCUT2D eigenvalue weighted by molar-refractivity contribution is 7.92. The molecule has 0 aliphatic heterocycles. The standard InChI is InChI=1S/C26H29N5O3S/c1-5-6-15-31-23-10-8-7-9-22(23)19(4)24(31)25(32)29-20-11-13-21(14-12-20)35(33,34)30-26-27-17(2)16-18(3)28-26/h7-14,16H,5-6,15H2,1-4H3,(H,29,32)(H,27,28,30). The van der Waals surface area contributed by atoms with E-state index in [0.717, 1.165) is 35.9 Å². The first-order valence-electron chi connectivity index (χ1n) is 11.5. The van der Waals surface area contributed by atoms with Gasteiger partial charge in [0.15, 0.2) is 0 Å². The fourth-order valence-corrected chi connectivity index (χ4v) is 5.12. The summed E-state index contributed by atoms with van der Waals surface area (Å²) in [7, 11) is -3.88. The summed E-state index contributed by atoms with van der Waals surface area (Å²) in [5.74, 6) is -0.206.